The van der Waals surface area contributed by atoms with Crippen LogP contribution in [0, 0.1) is 13.8 Å². The van der Waals surface area contributed by atoms with E-state index in [4.69, 9.17) is 9.47 Å². The molecule has 0 fully saturated rings. The molecule has 0 amide bonds. The van der Waals surface area contributed by atoms with E-state index in [1.54, 1.807) is 20.3 Å². The second-order valence-corrected chi connectivity index (χ2v) is 4.71. The van der Waals surface area contributed by atoms with Gasteiger partial charge in [-0.3, -0.25) is 4.79 Å². The molecule has 0 aliphatic heterocycles. The monoisotopic (exact) mass is 270 g/mol. The first-order chi connectivity index (χ1) is 9.60. The molecular weight excluding hydrogens is 252 g/mol. The van der Waals surface area contributed by atoms with E-state index in [-0.39, 0.29) is 0 Å². The lowest BCUT2D eigenvalue weighted by atomic mass is 9.96. The molecule has 0 spiro atoms. The number of rotatable bonds is 4. The van der Waals surface area contributed by atoms with Crippen molar-refractivity contribution >= 4 is 6.29 Å². The third kappa shape index (κ3) is 2.52. The molecular formula is C17H18O3. The Labute approximate surface area is 119 Å². The second kappa shape index (κ2) is 5.78. The molecule has 0 N–H and O–H groups in total. The van der Waals surface area contributed by atoms with Crippen LogP contribution < -0.4 is 9.47 Å². The first kappa shape index (κ1) is 14.1. The molecule has 2 aromatic rings. The average molecular weight is 270 g/mol. The summed E-state index contributed by atoms with van der Waals surface area (Å²) < 4.78 is 10.5. The van der Waals surface area contributed by atoms with Crippen LogP contribution in [0.5, 0.6) is 11.5 Å². The molecule has 0 heterocycles. The minimum atomic E-state index is 0.619. The maximum absolute atomic E-state index is 11.3. The quantitative estimate of drug-likeness (QED) is 0.793. The number of ether oxygens (including phenoxy) is 2. The normalized spacial score (nSPS) is 10.2. The number of carbonyl (C=O) groups is 1. The minimum Gasteiger partial charge on any atom is -0.497 e. The van der Waals surface area contributed by atoms with Crippen molar-refractivity contribution in [2.45, 2.75) is 13.8 Å². The number of hydrogen-bond donors (Lipinski definition) is 0. The summed E-state index contributed by atoms with van der Waals surface area (Å²) in [5.41, 5.74) is 4.62. The zero-order valence-electron chi connectivity index (χ0n) is 12.2. The molecule has 0 radical (unpaired) electrons. The molecule has 0 saturated heterocycles. The van der Waals surface area contributed by atoms with Gasteiger partial charge in [0, 0.05) is 5.56 Å². The fourth-order valence-corrected chi connectivity index (χ4v) is 2.46. The first-order valence-corrected chi connectivity index (χ1v) is 6.39. The van der Waals surface area contributed by atoms with Crippen LogP contribution in [-0.2, 0) is 0 Å². The lowest BCUT2D eigenvalue weighted by Crippen LogP contribution is -1.95. The van der Waals surface area contributed by atoms with Crippen molar-refractivity contribution in [3.8, 4) is 22.6 Å². The summed E-state index contributed by atoms with van der Waals surface area (Å²) in [5, 5.41) is 0. The highest BCUT2D eigenvalue weighted by Crippen LogP contribution is 2.32. The molecule has 0 unspecified atom stereocenters. The number of aryl methyl sites for hydroxylation is 2. The molecule has 0 saturated carbocycles. The number of carbonyl (C=O) groups excluding carboxylic acids is 1. The van der Waals surface area contributed by atoms with Crippen LogP contribution in [0.3, 0.4) is 0 Å². The van der Waals surface area contributed by atoms with Gasteiger partial charge in [0.15, 0.2) is 6.29 Å². The van der Waals surface area contributed by atoms with Crippen molar-refractivity contribution in [2.24, 2.45) is 0 Å². The van der Waals surface area contributed by atoms with Gasteiger partial charge in [0.2, 0.25) is 0 Å². The van der Waals surface area contributed by atoms with E-state index >= 15 is 0 Å². The first-order valence-electron chi connectivity index (χ1n) is 6.39. The van der Waals surface area contributed by atoms with Gasteiger partial charge in [-0.1, -0.05) is 0 Å². The summed E-state index contributed by atoms with van der Waals surface area (Å²) >= 11 is 0. The van der Waals surface area contributed by atoms with Gasteiger partial charge in [-0.25, -0.2) is 0 Å². The number of hydrogen-bond acceptors (Lipinski definition) is 3. The molecule has 2 rings (SSSR count). The standard InChI is InChI=1S/C17H18O3/c1-11-7-13(8-12(2)17(11)20-4)16-6-5-15(19-3)9-14(16)10-18/h5-10H,1-4H3. The average Bonchev–Trinajstić information content (AvgIpc) is 2.46. The molecule has 0 aliphatic rings. The fraction of sp³-hybridized carbons (Fsp3) is 0.235. The van der Waals surface area contributed by atoms with Crippen LogP contribution in [0.15, 0.2) is 30.3 Å². The summed E-state index contributed by atoms with van der Waals surface area (Å²) in [6.07, 6.45) is 0.854. The molecule has 104 valence electrons. The Morgan fingerprint density at radius 2 is 1.60 bits per heavy atom. The van der Waals surface area contributed by atoms with E-state index < -0.39 is 0 Å². The topological polar surface area (TPSA) is 35.5 Å². The Balaban J connectivity index is 2.59. The van der Waals surface area contributed by atoms with E-state index in [0.717, 1.165) is 34.3 Å². The SMILES string of the molecule is COc1ccc(-c2cc(C)c(OC)c(C)c2)c(C=O)c1. The van der Waals surface area contributed by atoms with E-state index in [2.05, 4.69) is 0 Å². The van der Waals surface area contributed by atoms with Gasteiger partial charge in [0.25, 0.3) is 0 Å². The van der Waals surface area contributed by atoms with Gasteiger partial charge in [0.1, 0.15) is 11.5 Å². The zero-order chi connectivity index (χ0) is 14.7. The van der Waals surface area contributed by atoms with Crippen LogP contribution in [0.4, 0.5) is 0 Å². The predicted octanol–water partition coefficient (Wildman–Crippen LogP) is 3.80. The van der Waals surface area contributed by atoms with Gasteiger partial charge in [0.05, 0.1) is 14.2 Å². The zero-order valence-corrected chi connectivity index (χ0v) is 12.2. The number of aldehydes is 1. The summed E-state index contributed by atoms with van der Waals surface area (Å²) in [6.45, 7) is 4.00. The Hall–Kier alpha value is -2.29. The number of benzene rings is 2. The van der Waals surface area contributed by atoms with Crippen LogP contribution in [-0.4, -0.2) is 20.5 Å². The molecule has 3 heteroatoms. The van der Waals surface area contributed by atoms with Crippen molar-refractivity contribution in [3.05, 3.63) is 47.0 Å². The molecule has 2 aromatic carbocycles. The Kier molecular flexibility index (Phi) is 4.08. The van der Waals surface area contributed by atoms with Crippen molar-refractivity contribution in [1.29, 1.82) is 0 Å². The van der Waals surface area contributed by atoms with Crippen LogP contribution in [0.25, 0.3) is 11.1 Å². The Morgan fingerprint density at radius 1 is 0.950 bits per heavy atom. The predicted molar refractivity (Wildman–Crippen MR) is 79.8 cm³/mol. The van der Waals surface area contributed by atoms with Crippen molar-refractivity contribution in [3.63, 3.8) is 0 Å². The van der Waals surface area contributed by atoms with Gasteiger partial charge in [-0.2, -0.15) is 0 Å². The summed E-state index contributed by atoms with van der Waals surface area (Å²) in [5.74, 6) is 1.56. The smallest absolute Gasteiger partial charge is 0.150 e. The van der Waals surface area contributed by atoms with Crippen molar-refractivity contribution < 1.29 is 14.3 Å². The van der Waals surface area contributed by atoms with Gasteiger partial charge >= 0.3 is 0 Å². The van der Waals surface area contributed by atoms with E-state index in [9.17, 15) is 4.79 Å². The molecule has 3 nitrogen and oxygen atoms in total. The molecule has 0 atom stereocenters. The molecule has 20 heavy (non-hydrogen) atoms. The van der Waals surface area contributed by atoms with Gasteiger partial charge in [-0.05, 0) is 66.4 Å². The third-order valence-corrected chi connectivity index (χ3v) is 3.36. The highest BCUT2D eigenvalue weighted by atomic mass is 16.5. The van der Waals surface area contributed by atoms with Crippen molar-refractivity contribution in [2.75, 3.05) is 14.2 Å². The molecule has 0 aromatic heterocycles. The number of methoxy groups -OCH3 is 2. The largest absolute Gasteiger partial charge is 0.497 e. The summed E-state index contributed by atoms with van der Waals surface area (Å²) in [7, 11) is 3.25. The molecule has 0 bridgehead atoms. The van der Waals surface area contributed by atoms with Gasteiger partial charge in [-0.15, -0.1) is 0 Å². The summed E-state index contributed by atoms with van der Waals surface area (Å²) in [4.78, 5) is 11.3. The van der Waals surface area contributed by atoms with Gasteiger partial charge < -0.3 is 9.47 Å². The summed E-state index contributed by atoms with van der Waals surface area (Å²) in [6, 6.07) is 9.57. The van der Waals surface area contributed by atoms with Crippen LogP contribution in [0.1, 0.15) is 21.5 Å². The lowest BCUT2D eigenvalue weighted by molar-refractivity contribution is 0.112. The van der Waals surface area contributed by atoms with Crippen LogP contribution >= 0.6 is 0 Å². The minimum absolute atomic E-state index is 0.619. The Morgan fingerprint density at radius 3 is 2.10 bits per heavy atom. The third-order valence-electron chi connectivity index (χ3n) is 3.36. The lowest BCUT2D eigenvalue weighted by Gasteiger charge is -2.13. The highest BCUT2D eigenvalue weighted by Gasteiger charge is 2.10. The van der Waals surface area contributed by atoms with Crippen LogP contribution in [0.2, 0.25) is 0 Å². The maximum atomic E-state index is 11.3. The highest BCUT2D eigenvalue weighted by molar-refractivity contribution is 5.88. The Bertz CT molecular complexity index is 622. The van der Waals surface area contributed by atoms with E-state index in [1.165, 1.54) is 0 Å². The van der Waals surface area contributed by atoms with E-state index in [1.807, 2.05) is 38.1 Å². The van der Waals surface area contributed by atoms with E-state index in [0.29, 0.717) is 11.3 Å². The second-order valence-electron chi connectivity index (χ2n) is 4.71. The van der Waals surface area contributed by atoms with Crippen molar-refractivity contribution in [1.82, 2.24) is 0 Å². The molecule has 0 aliphatic carbocycles. The maximum Gasteiger partial charge on any atom is 0.150 e. The fourth-order valence-electron chi connectivity index (χ4n) is 2.46.